The van der Waals surface area contributed by atoms with Crippen LogP contribution in [0.4, 0.5) is 5.69 Å². The van der Waals surface area contributed by atoms with Crippen molar-refractivity contribution >= 4 is 11.8 Å². The first-order valence-electron chi connectivity index (χ1n) is 4.79. The van der Waals surface area contributed by atoms with Crippen molar-refractivity contribution in [2.75, 3.05) is 19.0 Å². The van der Waals surface area contributed by atoms with Crippen molar-refractivity contribution in [3.05, 3.63) is 48.6 Å². The Morgan fingerprint density at radius 1 is 1.21 bits per heavy atom. The number of nitrogens with zero attached hydrogens (tertiary/aromatic N) is 1. The standard InChI is InChI=1S/C13H17N/c1-4-5-6-7-12-8-10-13(11-9-12)14(2)3/h4,6-11H,1,5H2,2-3H3. The molecule has 0 N–H and O–H groups in total. The molecule has 0 saturated heterocycles. The van der Waals surface area contributed by atoms with Crippen molar-refractivity contribution in [2.45, 2.75) is 6.42 Å². The molecule has 1 nitrogen and oxygen atoms in total. The molecule has 0 unspecified atom stereocenters. The van der Waals surface area contributed by atoms with Crippen LogP contribution in [-0.4, -0.2) is 14.1 Å². The Balaban J connectivity index is 2.68. The summed E-state index contributed by atoms with van der Waals surface area (Å²) in [7, 11) is 4.09. The molecule has 0 atom stereocenters. The number of benzene rings is 1. The van der Waals surface area contributed by atoms with Crippen LogP contribution < -0.4 is 4.90 Å². The highest BCUT2D eigenvalue weighted by Gasteiger charge is 1.92. The quantitative estimate of drug-likeness (QED) is 0.653. The fourth-order valence-corrected chi connectivity index (χ4v) is 1.18. The molecule has 1 aromatic rings. The molecule has 0 spiro atoms. The molecule has 74 valence electrons. The van der Waals surface area contributed by atoms with Gasteiger partial charge in [0.05, 0.1) is 0 Å². The van der Waals surface area contributed by atoms with Crippen LogP contribution >= 0.6 is 0 Å². The minimum absolute atomic E-state index is 0.926. The summed E-state index contributed by atoms with van der Waals surface area (Å²) in [5.41, 5.74) is 2.46. The second kappa shape index (κ2) is 5.28. The second-order valence-electron chi connectivity index (χ2n) is 3.41. The summed E-state index contributed by atoms with van der Waals surface area (Å²) < 4.78 is 0. The molecule has 0 saturated carbocycles. The zero-order valence-corrected chi connectivity index (χ0v) is 8.90. The van der Waals surface area contributed by atoms with Crippen molar-refractivity contribution < 1.29 is 0 Å². The van der Waals surface area contributed by atoms with Crippen LogP contribution in [0.25, 0.3) is 6.08 Å². The Morgan fingerprint density at radius 2 is 1.86 bits per heavy atom. The number of anilines is 1. The molecular weight excluding hydrogens is 170 g/mol. The lowest BCUT2D eigenvalue weighted by Crippen LogP contribution is -2.07. The van der Waals surface area contributed by atoms with Crippen LogP contribution in [0.5, 0.6) is 0 Å². The van der Waals surface area contributed by atoms with E-state index < -0.39 is 0 Å². The monoisotopic (exact) mass is 187 g/mol. The number of hydrogen-bond acceptors (Lipinski definition) is 1. The van der Waals surface area contributed by atoms with Gasteiger partial charge in [-0.1, -0.05) is 30.4 Å². The summed E-state index contributed by atoms with van der Waals surface area (Å²) in [5, 5.41) is 0. The van der Waals surface area contributed by atoms with Gasteiger partial charge in [-0.05, 0) is 24.1 Å². The van der Waals surface area contributed by atoms with Gasteiger partial charge in [0.2, 0.25) is 0 Å². The predicted molar refractivity (Wildman–Crippen MR) is 64.6 cm³/mol. The van der Waals surface area contributed by atoms with Crippen LogP contribution in [0.3, 0.4) is 0 Å². The third-order valence-corrected chi connectivity index (χ3v) is 2.02. The van der Waals surface area contributed by atoms with Crippen LogP contribution in [-0.2, 0) is 0 Å². The van der Waals surface area contributed by atoms with E-state index in [0.29, 0.717) is 0 Å². The third kappa shape index (κ3) is 3.09. The van der Waals surface area contributed by atoms with Gasteiger partial charge in [0.25, 0.3) is 0 Å². The molecule has 0 aliphatic carbocycles. The molecular formula is C13H17N. The Bertz CT molecular complexity index is 307. The van der Waals surface area contributed by atoms with E-state index in [9.17, 15) is 0 Å². The first-order chi connectivity index (χ1) is 6.74. The van der Waals surface area contributed by atoms with E-state index in [0.717, 1.165) is 6.42 Å². The summed E-state index contributed by atoms with van der Waals surface area (Å²) in [4.78, 5) is 2.09. The van der Waals surface area contributed by atoms with Gasteiger partial charge in [0, 0.05) is 19.8 Å². The first kappa shape index (κ1) is 10.6. The van der Waals surface area contributed by atoms with Gasteiger partial charge >= 0.3 is 0 Å². The Labute approximate surface area is 86.4 Å². The Kier molecular flexibility index (Phi) is 3.99. The third-order valence-electron chi connectivity index (χ3n) is 2.02. The van der Waals surface area contributed by atoms with E-state index in [-0.39, 0.29) is 0 Å². The summed E-state index contributed by atoms with van der Waals surface area (Å²) in [5.74, 6) is 0. The van der Waals surface area contributed by atoms with E-state index in [1.165, 1.54) is 11.3 Å². The van der Waals surface area contributed by atoms with Gasteiger partial charge < -0.3 is 4.90 Å². The normalized spacial score (nSPS) is 10.4. The van der Waals surface area contributed by atoms with Gasteiger partial charge in [-0.2, -0.15) is 0 Å². The van der Waals surface area contributed by atoms with Gasteiger partial charge in [-0.15, -0.1) is 6.58 Å². The molecule has 1 aromatic carbocycles. The zero-order chi connectivity index (χ0) is 10.4. The minimum Gasteiger partial charge on any atom is -0.378 e. The summed E-state index contributed by atoms with van der Waals surface area (Å²) >= 11 is 0. The summed E-state index contributed by atoms with van der Waals surface area (Å²) in [6, 6.07) is 8.48. The van der Waals surface area contributed by atoms with Gasteiger partial charge in [0.1, 0.15) is 0 Å². The average molecular weight is 187 g/mol. The highest BCUT2D eigenvalue weighted by atomic mass is 15.1. The highest BCUT2D eigenvalue weighted by Crippen LogP contribution is 2.13. The van der Waals surface area contributed by atoms with Crippen molar-refractivity contribution in [1.82, 2.24) is 0 Å². The lowest BCUT2D eigenvalue weighted by molar-refractivity contribution is 1.13. The smallest absolute Gasteiger partial charge is 0.0361 e. The molecule has 1 heteroatoms. The molecule has 0 aliphatic rings. The SMILES string of the molecule is C=CCC=Cc1ccc(N(C)C)cc1. The van der Waals surface area contributed by atoms with Crippen LogP contribution in [0.1, 0.15) is 12.0 Å². The van der Waals surface area contributed by atoms with E-state index in [1.54, 1.807) is 0 Å². The fraction of sp³-hybridized carbons (Fsp3) is 0.231. The Morgan fingerprint density at radius 3 is 2.36 bits per heavy atom. The number of hydrogen-bond donors (Lipinski definition) is 0. The molecule has 14 heavy (non-hydrogen) atoms. The van der Waals surface area contributed by atoms with E-state index in [2.05, 4.69) is 47.9 Å². The van der Waals surface area contributed by atoms with E-state index in [1.807, 2.05) is 20.2 Å². The maximum Gasteiger partial charge on any atom is 0.0361 e. The van der Waals surface area contributed by atoms with Gasteiger partial charge in [-0.3, -0.25) is 0 Å². The first-order valence-corrected chi connectivity index (χ1v) is 4.79. The van der Waals surface area contributed by atoms with Crippen molar-refractivity contribution in [3.8, 4) is 0 Å². The molecule has 0 aliphatic heterocycles. The maximum atomic E-state index is 3.67. The van der Waals surface area contributed by atoms with E-state index in [4.69, 9.17) is 0 Å². The lowest BCUT2D eigenvalue weighted by Gasteiger charge is -2.11. The second-order valence-corrected chi connectivity index (χ2v) is 3.41. The molecule has 0 fully saturated rings. The number of allylic oxidation sites excluding steroid dienone is 2. The zero-order valence-electron chi connectivity index (χ0n) is 8.90. The molecule has 1 rings (SSSR count). The molecule has 0 bridgehead atoms. The van der Waals surface area contributed by atoms with Gasteiger partial charge in [-0.25, -0.2) is 0 Å². The topological polar surface area (TPSA) is 3.24 Å². The summed E-state index contributed by atoms with van der Waals surface area (Å²) in [6.45, 7) is 3.67. The lowest BCUT2D eigenvalue weighted by atomic mass is 10.2. The van der Waals surface area contributed by atoms with Crippen LogP contribution in [0.15, 0.2) is 43.0 Å². The van der Waals surface area contributed by atoms with Crippen LogP contribution in [0, 0.1) is 0 Å². The predicted octanol–water partition coefficient (Wildman–Crippen LogP) is 3.34. The average Bonchev–Trinajstić information content (AvgIpc) is 2.19. The van der Waals surface area contributed by atoms with Crippen molar-refractivity contribution in [3.63, 3.8) is 0 Å². The minimum atomic E-state index is 0.926. The maximum absolute atomic E-state index is 3.67. The molecule has 0 amide bonds. The largest absolute Gasteiger partial charge is 0.378 e. The molecule has 0 heterocycles. The van der Waals surface area contributed by atoms with Gasteiger partial charge in [0.15, 0.2) is 0 Å². The Hall–Kier alpha value is -1.50. The van der Waals surface area contributed by atoms with E-state index >= 15 is 0 Å². The van der Waals surface area contributed by atoms with Crippen molar-refractivity contribution in [2.24, 2.45) is 0 Å². The van der Waals surface area contributed by atoms with Crippen LogP contribution in [0.2, 0.25) is 0 Å². The molecule has 0 radical (unpaired) electrons. The van der Waals surface area contributed by atoms with Crippen molar-refractivity contribution in [1.29, 1.82) is 0 Å². The number of rotatable bonds is 4. The highest BCUT2D eigenvalue weighted by molar-refractivity contribution is 5.55. The fourth-order valence-electron chi connectivity index (χ4n) is 1.18. The summed E-state index contributed by atoms with van der Waals surface area (Å²) in [6.07, 6.45) is 7.04. The molecule has 0 aromatic heterocycles.